The van der Waals surface area contributed by atoms with Gasteiger partial charge in [-0.1, -0.05) is 19.3 Å². The van der Waals surface area contributed by atoms with Gasteiger partial charge in [0.2, 0.25) is 0 Å². The molecule has 29 heavy (non-hydrogen) atoms. The van der Waals surface area contributed by atoms with Gasteiger partial charge in [0, 0.05) is 6.20 Å². The van der Waals surface area contributed by atoms with Crippen LogP contribution >= 0.6 is 0 Å². The number of fused-ring (bicyclic) bond motifs is 1. The summed E-state index contributed by atoms with van der Waals surface area (Å²) in [6, 6.07) is -1.64. The van der Waals surface area contributed by atoms with Gasteiger partial charge < -0.3 is 10.3 Å². The van der Waals surface area contributed by atoms with E-state index in [-0.39, 0.29) is 5.92 Å². The van der Waals surface area contributed by atoms with E-state index in [0.29, 0.717) is 5.01 Å². The molecule has 1 saturated carbocycles. The molecule has 1 aliphatic carbocycles. The van der Waals surface area contributed by atoms with E-state index in [1.807, 2.05) is 5.43 Å². The molecule has 154 valence electrons. The Morgan fingerprint density at radius 2 is 1.66 bits per heavy atom. The number of aromatic nitrogens is 1. The summed E-state index contributed by atoms with van der Waals surface area (Å²) in [6.45, 7) is 0. The Kier molecular flexibility index (Phi) is 4.67. The van der Waals surface area contributed by atoms with Gasteiger partial charge in [0.05, 0.1) is 16.5 Å². The second kappa shape index (κ2) is 7.05. The first kappa shape index (κ1) is 19.2. The standard InChI is InChI=1S/C18H16F4N4O3/c19-10-9-8(6-23-15(9)13(22)12(21)11(10)20)16(27)25-26-17(28)14(24-18(26)29)7-4-2-1-3-5-7/h6-7,14,23H,1-5H2,(H,24,29)(H,25,27)/t14-/m1/s1. The summed E-state index contributed by atoms with van der Waals surface area (Å²) in [5.41, 5.74) is 0.698. The molecule has 1 aromatic carbocycles. The van der Waals surface area contributed by atoms with Crippen LogP contribution < -0.4 is 10.7 Å². The zero-order valence-electron chi connectivity index (χ0n) is 15.0. The number of imide groups is 1. The second-order valence-electron chi connectivity index (χ2n) is 7.15. The molecule has 2 aliphatic rings. The number of hydrogen-bond acceptors (Lipinski definition) is 3. The molecule has 0 spiro atoms. The van der Waals surface area contributed by atoms with Crippen LogP contribution in [-0.4, -0.2) is 33.9 Å². The van der Waals surface area contributed by atoms with Crippen molar-refractivity contribution in [3.05, 3.63) is 35.0 Å². The molecule has 2 heterocycles. The Bertz CT molecular complexity index is 1030. The largest absolute Gasteiger partial charge is 0.358 e. The second-order valence-corrected chi connectivity index (χ2v) is 7.15. The quantitative estimate of drug-likeness (QED) is 0.313. The van der Waals surface area contributed by atoms with Crippen molar-refractivity contribution in [3.63, 3.8) is 0 Å². The van der Waals surface area contributed by atoms with Crippen LogP contribution in [0.3, 0.4) is 0 Å². The van der Waals surface area contributed by atoms with Crippen LogP contribution in [0.25, 0.3) is 10.9 Å². The van der Waals surface area contributed by atoms with Gasteiger partial charge in [0.1, 0.15) is 6.04 Å². The minimum atomic E-state index is -2.07. The molecular formula is C18H16F4N4O3. The molecule has 0 unspecified atom stereocenters. The lowest BCUT2D eigenvalue weighted by atomic mass is 9.84. The minimum absolute atomic E-state index is 0.0567. The fourth-order valence-corrected chi connectivity index (χ4v) is 3.97. The lowest BCUT2D eigenvalue weighted by molar-refractivity contribution is -0.130. The average Bonchev–Trinajstić information content (AvgIpc) is 3.28. The third-order valence-corrected chi connectivity index (χ3v) is 5.44. The average molecular weight is 412 g/mol. The zero-order valence-corrected chi connectivity index (χ0v) is 15.0. The van der Waals surface area contributed by atoms with Gasteiger partial charge in [-0.3, -0.25) is 15.0 Å². The molecule has 0 radical (unpaired) electrons. The molecule has 0 bridgehead atoms. The van der Waals surface area contributed by atoms with Crippen LogP contribution in [-0.2, 0) is 4.79 Å². The SMILES string of the molecule is O=C(NN1C(=O)N[C@H](C2CCCCC2)C1=O)c1c[nH]c2c(F)c(F)c(F)c(F)c12. The number of benzene rings is 1. The lowest BCUT2D eigenvalue weighted by Crippen LogP contribution is -2.47. The van der Waals surface area contributed by atoms with Crippen molar-refractivity contribution in [1.29, 1.82) is 0 Å². The first-order valence-corrected chi connectivity index (χ1v) is 9.09. The van der Waals surface area contributed by atoms with Gasteiger partial charge in [-0.2, -0.15) is 5.01 Å². The smallest absolute Gasteiger partial charge is 0.344 e. The van der Waals surface area contributed by atoms with Crippen LogP contribution in [0.2, 0.25) is 0 Å². The Morgan fingerprint density at radius 1 is 1.00 bits per heavy atom. The number of nitrogens with one attached hydrogen (secondary N) is 3. The van der Waals surface area contributed by atoms with Crippen LogP contribution in [0.5, 0.6) is 0 Å². The van der Waals surface area contributed by atoms with Gasteiger partial charge in [-0.15, -0.1) is 0 Å². The molecule has 2 aromatic rings. The number of carbonyl (C=O) groups excluding carboxylic acids is 3. The molecule has 1 aliphatic heterocycles. The van der Waals surface area contributed by atoms with E-state index in [0.717, 1.165) is 38.3 Å². The molecule has 1 atom stereocenters. The number of H-pyrrole nitrogens is 1. The first-order valence-electron chi connectivity index (χ1n) is 9.09. The van der Waals surface area contributed by atoms with E-state index in [1.165, 1.54) is 0 Å². The van der Waals surface area contributed by atoms with Gasteiger partial charge in [-0.05, 0) is 18.8 Å². The summed E-state index contributed by atoms with van der Waals surface area (Å²) in [4.78, 5) is 39.4. The maximum atomic E-state index is 14.1. The molecule has 4 rings (SSSR count). The van der Waals surface area contributed by atoms with Gasteiger partial charge in [0.15, 0.2) is 23.3 Å². The molecular weight excluding hydrogens is 396 g/mol. The summed E-state index contributed by atoms with van der Waals surface area (Å²) >= 11 is 0. The number of rotatable bonds is 3. The number of carbonyl (C=O) groups is 3. The van der Waals surface area contributed by atoms with Crippen LogP contribution in [0.1, 0.15) is 42.5 Å². The normalized spacial score (nSPS) is 20.4. The van der Waals surface area contributed by atoms with Crippen molar-refractivity contribution in [2.45, 2.75) is 38.1 Å². The third kappa shape index (κ3) is 3.00. The van der Waals surface area contributed by atoms with Crippen molar-refractivity contribution in [3.8, 4) is 0 Å². The van der Waals surface area contributed by atoms with E-state index < -0.39 is 63.6 Å². The van der Waals surface area contributed by atoms with E-state index in [2.05, 4.69) is 10.3 Å². The highest BCUT2D eigenvalue weighted by Crippen LogP contribution is 2.30. The predicted molar refractivity (Wildman–Crippen MR) is 91.3 cm³/mol. The highest BCUT2D eigenvalue weighted by molar-refractivity contribution is 6.11. The molecule has 11 heteroatoms. The maximum absolute atomic E-state index is 14.1. The molecule has 4 amide bonds. The van der Waals surface area contributed by atoms with Crippen molar-refractivity contribution in [2.75, 3.05) is 0 Å². The van der Waals surface area contributed by atoms with Gasteiger partial charge >= 0.3 is 6.03 Å². The van der Waals surface area contributed by atoms with Gasteiger partial charge in [0.25, 0.3) is 11.8 Å². The van der Waals surface area contributed by atoms with E-state index in [4.69, 9.17) is 0 Å². The Labute approximate surface area is 161 Å². The highest BCUT2D eigenvalue weighted by Gasteiger charge is 2.44. The molecule has 7 nitrogen and oxygen atoms in total. The van der Waals surface area contributed by atoms with E-state index in [1.54, 1.807) is 0 Å². The first-order chi connectivity index (χ1) is 13.8. The van der Waals surface area contributed by atoms with E-state index in [9.17, 15) is 31.9 Å². The zero-order chi connectivity index (χ0) is 20.9. The van der Waals surface area contributed by atoms with Crippen molar-refractivity contribution < 1.29 is 31.9 Å². The Morgan fingerprint density at radius 3 is 2.34 bits per heavy atom. The van der Waals surface area contributed by atoms with Crippen LogP contribution in [0.15, 0.2) is 6.20 Å². The highest BCUT2D eigenvalue weighted by atomic mass is 19.2. The fraction of sp³-hybridized carbons (Fsp3) is 0.389. The summed E-state index contributed by atoms with van der Waals surface area (Å²) in [5, 5.41) is 2.16. The van der Waals surface area contributed by atoms with Crippen LogP contribution in [0.4, 0.5) is 22.4 Å². The van der Waals surface area contributed by atoms with Crippen molar-refractivity contribution in [2.24, 2.45) is 5.92 Å². The number of aromatic amines is 1. The summed E-state index contributed by atoms with van der Waals surface area (Å²) in [5.74, 6) is -9.43. The number of nitrogens with zero attached hydrogens (tertiary/aromatic N) is 1. The molecule has 1 aromatic heterocycles. The fourth-order valence-electron chi connectivity index (χ4n) is 3.97. The molecule has 3 N–H and O–H groups in total. The number of halogens is 4. The maximum Gasteiger partial charge on any atom is 0.344 e. The number of hydrazine groups is 1. The molecule has 1 saturated heterocycles. The monoisotopic (exact) mass is 412 g/mol. The number of urea groups is 1. The van der Waals surface area contributed by atoms with Crippen LogP contribution in [0, 0.1) is 29.2 Å². The third-order valence-electron chi connectivity index (χ3n) is 5.44. The predicted octanol–water partition coefficient (Wildman–Crippen LogP) is 2.87. The molecule has 2 fully saturated rings. The topological polar surface area (TPSA) is 94.3 Å². The lowest BCUT2D eigenvalue weighted by Gasteiger charge is -2.25. The number of amides is 4. The van der Waals surface area contributed by atoms with Crippen molar-refractivity contribution in [1.82, 2.24) is 20.7 Å². The Hall–Kier alpha value is -3.11. The minimum Gasteiger partial charge on any atom is -0.358 e. The number of hydrogen-bond donors (Lipinski definition) is 3. The van der Waals surface area contributed by atoms with E-state index >= 15 is 0 Å². The van der Waals surface area contributed by atoms with Crippen molar-refractivity contribution >= 4 is 28.7 Å². The van der Waals surface area contributed by atoms with Gasteiger partial charge in [-0.25, -0.2) is 22.4 Å². The summed E-state index contributed by atoms with van der Waals surface area (Å²) < 4.78 is 54.9. The Balaban J connectivity index is 1.60. The summed E-state index contributed by atoms with van der Waals surface area (Å²) in [7, 11) is 0. The summed E-state index contributed by atoms with van der Waals surface area (Å²) in [6.07, 6.45) is 5.26.